The fraction of sp³-hybridized carbons (Fsp3) is 0.400. The molecule has 0 saturated carbocycles. The van der Waals surface area contributed by atoms with Crippen molar-refractivity contribution in [2.45, 2.75) is 25.8 Å². The van der Waals surface area contributed by atoms with E-state index in [0.29, 0.717) is 0 Å². The van der Waals surface area contributed by atoms with Gasteiger partial charge in [-0.2, -0.15) is 0 Å². The van der Waals surface area contributed by atoms with Crippen LogP contribution in [0.4, 0.5) is 4.39 Å². The second kappa shape index (κ2) is 4.21. The van der Waals surface area contributed by atoms with Crippen LogP contribution >= 0.6 is 0 Å². The molecule has 0 saturated heterocycles. The fourth-order valence-corrected chi connectivity index (χ4v) is 1.19. The summed E-state index contributed by atoms with van der Waals surface area (Å²) in [4.78, 5) is 0. The summed E-state index contributed by atoms with van der Waals surface area (Å²) in [6, 6.07) is 6.44. The molecule has 12 heavy (non-hydrogen) atoms. The van der Waals surface area contributed by atoms with Crippen LogP contribution in [0.3, 0.4) is 0 Å². The Labute approximate surface area is 72.4 Å². The molecule has 0 heterocycles. The highest BCUT2D eigenvalue weighted by Gasteiger charge is 2.03. The maximum atomic E-state index is 12.5. The van der Waals surface area contributed by atoms with E-state index in [1.165, 1.54) is 12.1 Å². The number of halogens is 1. The van der Waals surface area contributed by atoms with Gasteiger partial charge in [-0.25, -0.2) is 4.39 Å². The lowest BCUT2D eigenvalue weighted by Crippen LogP contribution is -2.09. The Morgan fingerprint density at radius 3 is 2.42 bits per heavy atom. The molecule has 2 N–H and O–H groups in total. The third-order valence-corrected chi connectivity index (χ3v) is 1.90. The summed E-state index contributed by atoms with van der Waals surface area (Å²) in [5, 5.41) is 0. The van der Waals surface area contributed by atoms with Gasteiger partial charge in [-0.1, -0.05) is 25.5 Å². The summed E-state index contributed by atoms with van der Waals surface area (Å²) in [5.74, 6) is -0.206. The highest BCUT2D eigenvalue weighted by atomic mass is 19.1. The molecule has 1 rings (SSSR count). The third-order valence-electron chi connectivity index (χ3n) is 1.90. The molecular weight excluding hydrogens is 153 g/mol. The molecule has 1 nitrogen and oxygen atoms in total. The van der Waals surface area contributed by atoms with Crippen LogP contribution in [0.25, 0.3) is 0 Å². The zero-order valence-corrected chi connectivity index (χ0v) is 7.26. The molecule has 0 amide bonds. The predicted molar refractivity (Wildman–Crippen MR) is 48.2 cm³/mol. The zero-order valence-electron chi connectivity index (χ0n) is 7.26. The Hall–Kier alpha value is -0.890. The molecule has 0 aromatic heterocycles. The monoisotopic (exact) mass is 167 g/mol. The molecular formula is C10H14FN. The van der Waals surface area contributed by atoms with Crippen LogP contribution in [0.5, 0.6) is 0 Å². The first-order valence-corrected chi connectivity index (χ1v) is 4.25. The minimum Gasteiger partial charge on any atom is -0.324 e. The van der Waals surface area contributed by atoms with Gasteiger partial charge in [0.15, 0.2) is 0 Å². The van der Waals surface area contributed by atoms with Gasteiger partial charge in [0.25, 0.3) is 0 Å². The van der Waals surface area contributed by atoms with Crippen LogP contribution in [0, 0.1) is 5.82 Å². The van der Waals surface area contributed by atoms with Crippen LogP contribution in [0.15, 0.2) is 24.3 Å². The van der Waals surface area contributed by atoms with Crippen LogP contribution in [-0.2, 0) is 0 Å². The van der Waals surface area contributed by atoms with E-state index in [9.17, 15) is 4.39 Å². The maximum Gasteiger partial charge on any atom is 0.123 e. The highest BCUT2D eigenvalue weighted by Crippen LogP contribution is 2.15. The summed E-state index contributed by atoms with van der Waals surface area (Å²) < 4.78 is 12.5. The van der Waals surface area contributed by atoms with E-state index in [0.717, 1.165) is 18.4 Å². The van der Waals surface area contributed by atoms with Crippen molar-refractivity contribution in [2.24, 2.45) is 5.73 Å². The molecule has 1 aromatic rings. The van der Waals surface area contributed by atoms with Crippen LogP contribution in [0.1, 0.15) is 31.4 Å². The molecule has 0 spiro atoms. The molecule has 1 atom stereocenters. The largest absolute Gasteiger partial charge is 0.324 e. The summed E-state index contributed by atoms with van der Waals surface area (Å²) >= 11 is 0. The summed E-state index contributed by atoms with van der Waals surface area (Å²) in [7, 11) is 0. The summed E-state index contributed by atoms with van der Waals surface area (Å²) in [6.45, 7) is 2.09. The van der Waals surface area contributed by atoms with Crippen molar-refractivity contribution in [2.75, 3.05) is 0 Å². The topological polar surface area (TPSA) is 26.0 Å². The smallest absolute Gasteiger partial charge is 0.123 e. The second-order valence-electron chi connectivity index (χ2n) is 2.95. The lowest BCUT2D eigenvalue weighted by Gasteiger charge is -2.09. The molecule has 0 radical (unpaired) electrons. The Kier molecular flexibility index (Phi) is 3.23. The van der Waals surface area contributed by atoms with Crippen LogP contribution in [0.2, 0.25) is 0 Å². The van der Waals surface area contributed by atoms with E-state index in [1.54, 1.807) is 12.1 Å². The van der Waals surface area contributed by atoms with Gasteiger partial charge in [-0.3, -0.25) is 0 Å². The van der Waals surface area contributed by atoms with Gasteiger partial charge in [0.1, 0.15) is 5.82 Å². The summed E-state index contributed by atoms with van der Waals surface area (Å²) in [5.41, 5.74) is 6.85. The minimum atomic E-state index is -0.206. The van der Waals surface area contributed by atoms with Crippen molar-refractivity contribution in [3.05, 3.63) is 35.6 Å². The molecule has 1 aromatic carbocycles. The Bertz CT molecular complexity index is 230. The fourth-order valence-electron chi connectivity index (χ4n) is 1.19. The number of hydrogen-bond donors (Lipinski definition) is 1. The van der Waals surface area contributed by atoms with Gasteiger partial charge < -0.3 is 5.73 Å². The average molecular weight is 167 g/mol. The van der Waals surface area contributed by atoms with E-state index in [1.807, 2.05) is 0 Å². The van der Waals surface area contributed by atoms with Gasteiger partial charge >= 0.3 is 0 Å². The van der Waals surface area contributed by atoms with Crippen molar-refractivity contribution in [3.8, 4) is 0 Å². The van der Waals surface area contributed by atoms with Gasteiger partial charge in [0.05, 0.1) is 0 Å². The zero-order chi connectivity index (χ0) is 8.97. The van der Waals surface area contributed by atoms with Crippen LogP contribution < -0.4 is 5.73 Å². The first kappa shape index (κ1) is 9.20. The molecule has 2 heteroatoms. The van der Waals surface area contributed by atoms with Crippen molar-refractivity contribution in [1.82, 2.24) is 0 Å². The third kappa shape index (κ3) is 2.31. The average Bonchev–Trinajstić information content (AvgIpc) is 2.06. The van der Waals surface area contributed by atoms with Crippen molar-refractivity contribution in [3.63, 3.8) is 0 Å². The van der Waals surface area contributed by atoms with E-state index >= 15 is 0 Å². The number of nitrogens with two attached hydrogens (primary N) is 1. The normalized spacial score (nSPS) is 12.9. The molecule has 0 bridgehead atoms. The van der Waals surface area contributed by atoms with Crippen molar-refractivity contribution >= 4 is 0 Å². The predicted octanol–water partition coefficient (Wildman–Crippen LogP) is 2.63. The highest BCUT2D eigenvalue weighted by molar-refractivity contribution is 5.19. The lowest BCUT2D eigenvalue weighted by atomic mass is 10.0. The van der Waals surface area contributed by atoms with Gasteiger partial charge in [-0.15, -0.1) is 0 Å². The SMILES string of the molecule is CCCC(N)c1ccc(F)cc1. The Morgan fingerprint density at radius 2 is 1.92 bits per heavy atom. The second-order valence-corrected chi connectivity index (χ2v) is 2.95. The van der Waals surface area contributed by atoms with E-state index in [2.05, 4.69) is 6.92 Å². The van der Waals surface area contributed by atoms with Crippen LogP contribution in [-0.4, -0.2) is 0 Å². The van der Waals surface area contributed by atoms with E-state index < -0.39 is 0 Å². The first-order valence-electron chi connectivity index (χ1n) is 4.25. The Balaban J connectivity index is 2.68. The maximum absolute atomic E-state index is 12.5. The van der Waals surface area contributed by atoms with Gasteiger partial charge in [-0.05, 0) is 24.1 Å². The molecule has 66 valence electrons. The minimum absolute atomic E-state index is 0.0515. The first-order chi connectivity index (χ1) is 5.74. The molecule has 0 aliphatic carbocycles. The van der Waals surface area contributed by atoms with Crippen molar-refractivity contribution in [1.29, 1.82) is 0 Å². The molecule has 0 fully saturated rings. The Morgan fingerprint density at radius 1 is 1.33 bits per heavy atom. The summed E-state index contributed by atoms with van der Waals surface area (Å²) in [6.07, 6.45) is 2.00. The quantitative estimate of drug-likeness (QED) is 0.735. The standard InChI is InChI=1S/C10H14FN/c1-2-3-10(12)8-4-6-9(11)7-5-8/h4-7,10H,2-3,12H2,1H3. The molecule has 1 unspecified atom stereocenters. The van der Waals surface area contributed by atoms with Gasteiger partial charge in [0, 0.05) is 6.04 Å². The number of rotatable bonds is 3. The van der Waals surface area contributed by atoms with E-state index in [-0.39, 0.29) is 11.9 Å². The molecule has 0 aliphatic heterocycles. The van der Waals surface area contributed by atoms with Crippen molar-refractivity contribution < 1.29 is 4.39 Å². The van der Waals surface area contributed by atoms with Gasteiger partial charge in [0.2, 0.25) is 0 Å². The number of benzene rings is 1. The number of hydrogen-bond acceptors (Lipinski definition) is 1. The lowest BCUT2D eigenvalue weighted by molar-refractivity contribution is 0.616. The van der Waals surface area contributed by atoms with E-state index in [4.69, 9.17) is 5.73 Å². The molecule has 0 aliphatic rings.